The monoisotopic (exact) mass is 342 g/mol. The topological polar surface area (TPSA) is 120 Å². The fourth-order valence-electron chi connectivity index (χ4n) is 2.08. The lowest BCUT2D eigenvalue weighted by molar-refractivity contribution is 0.0946. The number of nitrogens with one attached hydrogen (secondary N) is 1. The third kappa shape index (κ3) is 2.74. The number of hydrogen-bond donors (Lipinski definition) is 1. The summed E-state index contributed by atoms with van der Waals surface area (Å²) in [5.41, 5.74) is 2.42. The van der Waals surface area contributed by atoms with Crippen LogP contribution in [-0.4, -0.2) is 30.0 Å². The van der Waals surface area contributed by atoms with E-state index in [4.69, 9.17) is 9.05 Å². The van der Waals surface area contributed by atoms with Crippen molar-refractivity contribution >= 4 is 28.7 Å². The molecule has 0 radical (unpaired) electrons. The quantitative estimate of drug-likeness (QED) is 0.597. The first kappa shape index (κ1) is 14.5. The van der Waals surface area contributed by atoms with E-state index < -0.39 is 0 Å². The van der Waals surface area contributed by atoms with Crippen LogP contribution in [0.25, 0.3) is 22.6 Å². The van der Waals surface area contributed by atoms with Crippen molar-refractivity contribution in [2.24, 2.45) is 0 Å². The Kier molecular flexibility index (Phi) is 3.50. The van der Waals surface area contributed by atoms with Gasteiger partial charge >= 0.3 is 0 Å². The number of nitrogens with zero attached hydrogens (tertiary/aromatic N) is 5. The maximum atomic E-state index is 12.2. The molecule has 1 amide bonds. The molecule has 0 aliphatic carbocycles. The highest BCUT2D eigenvalue weighted by Gasteiger charge is 2.14. The number of hydrogen-bond acceptors (Lipinski definition) is 9. The molecule has 3 aromatic heterocycles. The molecule has 0 saturated heterocycles. The Bertz CT molecular complexity index is 1020. The smallest absolute Gasteiger partial charge is 0.251 e. The van der Waals surface area contributed by atoms with Gasteiger partial charge in [0.25, 0.3) is 5.91 Å². The number of aryl methyl sites for hydroxylation is 1. The molecule has 0 spiro atoms. The first-order valence-electron chi connectivity index (χ1n) is 6.96. The summed E-state index contributed by atoms with van der Waals surface area (Å²) < 4.78 is 18.3. The molecule has 0 unspecified atom stereocenters. The Hall–Kier alpha value is -3.14. The molecule has 10 heteroatoms. The molecule has 4 rings (SSSR count). The van der Waals surface area contributed by atoms with Crippen molar-refractivity contribution in [3.05, 3.63) is 41.5 Å². The van der Waals surface area contributed by atoms with Crippen LogP contribution in [0.3, 0.4) is 0 Å². The lowest BCUT2D eigenvalue weighted by Gasteiger charge is -2.01. The Morgan fingerprint density at radius 1 is 1.17 bits per heavy atom. The van der Waals surface area contributed by atoms with Crippen LogP contribution < -0.4 is 5.32 Å². The van der Waals surface area contributed by atoms with Gasteiger partial charge < -0.3 is 14.4 Å². The largest absolute Gasteiger partial charge is 0.361 e. The molecule has 120 valence electrons. The van der Waals surface area contributed by atoms with Crippen molar-refractivity contribution in [3.8, 4) is 11.5 Å². The number of rotatable bonds is 4. The van der Waals surface area contributed by atoms with E-state index in [0.717, 1.165) is 17.2 Å². The Morgan fingerprint density at radius 2 is 2.04 bits per heavy atom. The van der Waals surface area contributed by atoms with E-state index in [1.807, 2.05) is 0 Å². The first-order chi connectivity index (χ1) is 11.7. The normalized spacial score (nSPS) is 11.0. The van der Waals surface area contributed by atoms with Crippen LogP contribution in [-0.2, 0) is 6.54 Å². The summed E-state index contributed by atoms with van der Waals surface area (Å²) in [5.74, 6) is 0.972. The highest BCUT2D eigenvalue weighted by molar-refractivity contribution is 7.00. The average Bonchev–Trinajstić information content (AvgIpc) is 3.31. The zero-order valence-corrected chi connectivity index (χ0v) is 13.2. The summed E-state index contributed by atoms with van der Waals surface area (Å²) in [6.45, 7) is 1.88. The van der Waals surface area contributed by atoms with Gasteiger partial charge in [0, 0.05) is 11.6 Å². The van der Waals surface area contributed by atoms with Gasteiger partial charge in [0.1, 0.15) is 16.8 Å². The van der Waals surface area contributed by atoms with Gasteiger partial charge in [-0.3, -0.25) is 4.79 Å². The standard InChI is InChI=1S/C14H10N6O3S/c1-7-4-11(17-22-7)13-16-12(23-18-13)6-15-14(21)8-2-3-9-10(5-8)20-24-19-9/h2-5H,6H2,1H3,(H,15,21). The maximum Gasteiger partial charge on any atom is 0.251 e. The summed E-state index contributed by atoms with van der Waals surface area (Å²) in [7, 11) is 0. The number of benzene rings is 1. The van der Waals surface area contributed by atoms with Crippen LogP contribution in [0, 0.1) is 6.92 Å². The molecule has 0 aliphatic rings. The SMILES string of the molecule is Cc1cc(-c2noc(CNC(=O)c3ccc4nsnc4c3)n2)no1. The molecular formula is C14H10N6O3S. The van der Waals surface area contributed by atoms with Crippen LogP contribution in [0.15, 0.2) is 33.3 Å². The third-order valence-electron chi connectivity index (χ3n) is 3.24. The molecular weight excluding hydrogens is 332 g/mol. The molecule has 0 aliphatic heterocycles. The van der Waals surface area contributed by atoms with E-state index in [9.17, 15) is 4.79 Å². The Morgan fingerprint density at radius 3 is 2.88 bits per heavy atom. The fraction of sp³-hybridized carbons (Fsp3) is 0.143. The minimum Gasteiger partial charge on any atom is -0.361 e. The number of carbonyl (C=O) groups is 1. The van der Waals surface area contributed by atoms with Gasteiger partial charge in [-0.15, -0.1) is 0 Å². The molecule has 0 atom stereocenters. The lowest BCUT2D eigenvalue weighted by Crippen LogP contribution is -2.22. The molecule has 0 fully saturated rings. The molecule has 9 nitrogen and oxygen atoms in total. The van der Waals surface area contributed by atoms with Crippen LogP contribution in [0.4, 0.5) is 0 Å². The molecule has 24 heavy (non-hydrogen) atoms. The van der Waals surface area contributed by atoms with E-state index in [-0.39, 0.29) is 18.3 Å². The molecule has 0 bridgehead atoms. The molecule has 4 aromatic rings. The molecule has 0 saturated carbocycles. The van der Waals surface area contributed by atoms with Crippen molar-refractivity contribution in [3.63, 3.8) is 0 Å². The third-order valence-corrected chi connectivity index (χ3v) is 3.80. The van der Waals surface area contributed by atoms with E-state index in [0.29, 0.717) is 28.4 Å². The number of carbonyl (C=O) groups excluding carboxylic acids is 1. The minimum atomic E-state index is -0.262. The van der Waals surface area contributed by atoms with Gasteiger partial charge in [0.05, 0.1) is 18.3 Å². The predicted molar refractivity (Wildman–Crippen MR) is 83.1 cm³/mol. The number of fused-ring (bicyclic) bond motifs is 1. The second kappa shape index (κ2) is 5.81. The zero-order valence-electron chi connectivity index (χ0n) is 12.4. The van der Waals surface area contributed by atoms with Gasteiger partial charge in [-0.25, -0.2) is 0 Å². The Labute approximate surface area is 139 Å². The number of amides is 1. The summed E-state index contributed by atoms with van der Waals surface area (Å²) in [5, 5.41) is 10.3. The maximum absolute atomic E-state index is 12.2. The average molecular weight is 342 g/mol. The van der Waals surface area contributed by atoms with Crippen LogP contribution in [0.1, 0.15) is 22.0 Å². The van der Waals surface area contributed by atoms with Crippen molar-refractivity contribution in [1.82, 2.24) is 29.4 Å². The van der Waals surface area contributed by atoms with Crippen LogP contribution in [0.2, 0.25) is 0 Å². The molecule has 3 heterocycles. The molecule has 1 aromatic carbocycles. The van der Waals surface area contributed by atoms with Gasteiger partial charge in [-0.05, 0) is 25.1 Å². The van der Waals surface area contributed by atoms with Gasteiger partial charge in [0.2, 0.25) is 11.7 Å². The highest BCUT2D eigenvalue weighted by atomic mass is 32.1. The first-order valence-corrected chi connectivity index (χ1v) is 7.69. The minimum absolute atomic E-state index is 0.107. The lowest BCUT2D eigenvalue weighted by atomic mass is 10.2. The van der Waals surface area contributed by atoms with Crippen molar-refractivity contribution < 1.29 is 13.8 Å². The van der Waals surface area contributed by atoms with Crippen LogP contribution in [0.5, 0.6) is 0 Å². The van der Waals surface area contributed by atoms with Crippen molar-refractivity contribution in [1.29, 1.82) is 0 Å². The van der Waals surface area contributed by atoms with Gasteiger partial charge in [0.15, 0.2) is 5.69 Å². The van der Waals surface area contributed by atoms with Crippen molar-refractivity contribution in [2.45, 2.75) is 13.5 Å². The fourth-order valence-corrected chi connectivity index (χ4v) is 2.60. The second-order valence-electron chi connectivity index (χ2n) is 4.98. The second-order valence-corrected chi connectivity index (χ2v) is 5.51. The molecule has 1 N–H and O–H groups in total. The van der Waals surface area contributed by atoms with Gasteiger partial charge in [-0.2, -0.15) is 13.7 Å². The summed E-state index contributed by atoms with van der Waals surface area (Å²) in [6.07, 6.45) is 0. The van der Waals surface area contributed by atoms with E-state index in [2.05, 4.69) is 29.4 Å². The van der Waals surface area contributed by atoms with E-state index in [1.54, 1.807) is 31.2 Å². The Balaban J connectivity index is 1.44. The summed E-state index contributed by atoms with van der Waals surface area (Å²) >= 11 is 1.11. The predicted octanol–water partition coefficient (Wildman–Crippen LogP) is 1.97. The van der Waals surface area contributed by atoms with E-state index in [1.165, 1.54) is 0 Å². The van der Waals surface area contributed by atoms with Crippen LogP contribution >= 0.6 is 11.7 Å². The summed E-state index contributed by atoms with van der Waals surface area (Å²) in [4.78, 5) is 16.4. The highest BCUT2D eigenvalue weighted by Crippen LogP contribution is 2.16. The number of aromatic nitrogens is 5. The zero-order chi connectivity index (χ0) is 16.5. The van der Waals surface area contributed by atoms with E-state index >= 15 is 0 Å². The van der Waals surface area contributed by atoms with Crippen molar-refractivity contribution in [2.75, 3.05) is 0 Å². The van der Waals surface area contributed by atoms with Gasteiger partial charge in [-0.1, -0.05) is 10.3 Å². The summed E-state index contributed by atoms with van der Waals surface area (Å²) in [6, 6.07) is 6.83.